The lowest BCUT2D eigenvalue weighted by atomic mass is 10.1. The number of thiazole rings is 1. The molecule has 16 heavy (non-hydrogen) atoms. The molecule has 1 aromatic rings. The molecule has 0 radical (unpaired) electrons. The molecule has 0 spiro atoms. The van der Waals surface area contributed by atoms with E-state index in [0.29, 0.717) is 11.8 Å². The molecule has 1 heterocycles. The summed E-state index contributed by atoms with van der Waals surface area (Å²) in [4.78, 5) is 17.2. The van der Waals surface area contributed by atoms with Crippen LogP contribution < -0.4 is 0 Å². The van der Waals surface area contributed by atoms with Gasteiger partial charge in [0.05, 0.1) is 15.6 Å². The summed E-state index contributed by atoms with van der Waals surface area (Å²) >= 11 is 1.63. The fourth-order valence-corrected chi connectivity index (χ4v) is 3.36. The average Bonchev–Trinajstić information content (AvgIpc) is 3.01. The van der Waals surface area contributed by atoms with Gasteiger partial charge in [0, 0.05) is 18.8 Å². The lowest BCUT2D eigenvalue weighted by molar-refractivity contribution is 0.102. The first kappa shape index (κ1) is 11.8. The number of carbonyl (C=O) groups excluding carboxylic acids is 1. The monoisotopic (exact) mass is 237 g/mol. The third-order valence-corrected chi connectivity index (χ3v) is 4.62. The maximum absolute atomic E-state index is 11.6. The number of ketones is 1. The van der Waals surface area contributed by atoms with Crippen LogP contribution in [0.25, 0.3) is 0 Å². The van der Waals surface area contributed by atoms with Gasteiger partial charge in [0.1, 0.15) is 0 Å². The first-order valence-electron chi connectivity index (χ1n) is 6.18. The Morgan fingerprint density at radius 3 is 2.50 bits per heavy atom. The number of aromatic nitrogens is 1. The van der Waals surface area contributed by atoms with Gasteiger partial charge in [-0.1, -0.05) is 13.8 Å². The lowest BCUT2D eigenvalue weighted by Gasteiger charge is -2.06. The molecule has 0 N–H and O–H groups in total. The molecule has 0 amide bonds. The van der Waals surface area contributed by atoms with Crippen LogP contribution in [0.4, 0.5) is 0 Å². The van der Waals surface area contributed by atoms with Crippen molar-refractivity contribution < 1.29 is 4.79 Å². The largest absolute Gasteiger partial charge is 0.294 e. The standard InChI is InChI=1S/C13H19NOS/c1-4-9(5-2)13-14-11(10-6-7-10)12(16-13)8(3)15/h9-10H,4-7H2,1-3H3. The van der Waals surface area contributed by atoms with E-state index in [1.807, 2.05) is 0 Å². The third kappa shape index (κ3) is 2.19. The van der Waals surface area contributed by atoms with E-state index in [1.165, 1.54) is 17.8 Å². The molecule has 2 rings (SSSR count). The van der Waals surface area contributed by atoms with Crippen molar-refractivity contribution in [1.29, 1.82) is 0 Å². The Kier molecular flexibility index (Phi) is 3.43. The minimum Gasteiger partial charge on any atom is -0.294 e. The average molecular weight is 237 g/mol. The quantitative estimate of drug-likeness (QED) is 0.721. The minimum atomic E-state index is 0.191. The van der Waals surface area contributed by atoms with Gasteiger partial charge in [-0.2, -0.15) is 0 Å². The van der Waals surface area contributed by atoms with Crippen LogP contribution >= 0.6 is 11.3 Å². The summed E-state index contributed by atoms with van der Waals surface area (Å²) in [6.07, 6.45) is 4.66. The summed E-state index contributed by atoms with van der Waals surface area (Å²) in [6.45, 7) is 6.05. The fraction of sp³-hybridized carbons (Fsp3) is 0.692. The lowest BCUT2D eigenvalue weighted by Crippen LogP contribution is -1.95. The van der Waals surface area contributed by atoms with Crippen molar-refractivity contribution in [2.24, 2.45) is 0 Å². The molecule has 0 bridgehead atoms. The zero-order chi connectivity index (χ0) is 11.7. The number of rotatable bonds is 5. The summed E-state index contributed by atoms with van der Waals surface area (Å²) in [6, 6.07) is 0. The predicted octanol–water partition coefficient (Wildman–Crippen LogP) is 4.13. The molecule has 1 fully saturated rings. The van der Waals surface area contributed by atoms with Gasteiger partial charge in [-0.3, -0.25) is 4.79 Å². The smallest absolute Gasteiger partial charge is 0.171 e. The highest BCUT2D eigenvalue weighted by Gasteiger charge is 2.31. The Labute approximate surface area is 101 Å². The molecule has 1 aliphatic carbocycles. The fourth-order valence-electron chi connectivity index (χ4n) is 2.05. The zero-order valence-corrected chi connectivity index (χ0v) is 11.1. The highest BCUT2D eigenvalue weighted by Crippen LogP contribution is 2.44. The molecule has 0 atom stereocenters. The molecule has 0 unspecified atom stereocenters. The zero-order valence-electron chi connectivity index (χ0n) is 10.2. The molecule has 1 saturated carbocycles. The molecule has 0 aliphatic heterocycles. The second-order valence-electron chi connectivity index (χ2n) is 4.61. The van der Waals surface area contributed by atoms with Crippen molar-refractivity contribution in [3.8, 4) is 0 Å². The summed E-state index contributed by atoms with van der Waals surface area (Å²) in [7, 11) is 0. The second kappa shape index (κ2) is 4.66. The maximum Gasteiger partial charge on any atom is 0.171 e. The summed E-state index contributed by atoms with van der Waals surface area (Å²) in [5.41, 5.74) is 1.10. The van der Waals surface area contributed by atoms with Crippen molar-refractivity contribution in [2.75, 3.05) is 0 Å². The van der Waals surface area contributed by atoms with E-state index >= 15 is 0 Å². The van der Waals surface area contributed by atoms with Crippen molar-refractivity contribution in [3.63, 3.8) is 0 Å². The van der Waals surface area contributed by atoms with Gasteiger partial charge in [0.15, 0.2) is 5.78 Å². The Balaban J connectivity index is 2.33. The van der Waals surface area contributed by atoms with Crippen molar-refractivity contribution in [2.45, 2.75) is 58.3 Å². The van der Waals surface area contributed by atoms with E-state index in [9.17, 15) is 4.79 Å². The van der Waals surface area contributed by atoms with Crippen LogP contribution in [0.5, 0.6) is 0 Å². The molecular weight excluding hydrogens is 218 g/mol. The van der Waals surface area contributed by atoms with Crippen LogP contribution in [-0.2, 0) is 0 Å². The molecule has 1 aliphatic rings. The van der Waals surface area contributed by atoms with E-state index in [0.717, 1.165) is 23.4 Å². The number of hydrogen-bond acceptors (Lipinski definition) is 3. The highest BCUT2D eigenvalue weighted by atomic mass is 32.1. The van der Waals surface area contributed by atoms with Crippen LogP contribution in [0.2, 0.25) is 0 Å². The summed E-state index contributed by atoms with van der Waals surface area (Å²) in [5.74, 6) is 1.31. The van der Waals surface area contributed by atoms with E-state index in [2.05, 4.69) is 13.8 Å². The molecule has 0 aromatic carbocycles. The number of hydrogen-bond donors (Lipinski definition) is 0. The Morgan fingerprint density at radius 1 is 1.44 bits per heavy atom. The Hall–Kier alpha value is -0.700. The normalized spacial score (nSPS) is 15.8. The van der Waals surface area contributed by atoms with Crippen molar-refractivity contribution in [1.82, 2.24) is 4.98 Å². The van der Waals surface area contributed by atoms with E-state index < -0.39 is 0 Å². The van der Waals surface area contributed by atoms with Gasteiger partial charge in [-0.05, 0) is 25.7 Å². The summed E-state index contributed by atoms with van der Waals surface area (Å²) < 4.78 is 0. The molecule has 1 aromatic heterocycles. The van der Waals surface area contributed by atoms with Gasteiger partial charge in [0.2, 0.25) is 0 Å². The van der Waals surface area contributed by atoms with Crippen molar-refractivity contribution in [3.05, 3.63) is 15.6 Å². The third-order valence-electron chi connectivity index (χ3n) is 3.29. The Bertz CT molecular complexity index is 389. The van der Waals surface area contributed by atoms with E-state index in [4.69, 9.17) is 4.98 Å². The van der Waals surface area contributed by atoms with Gasteiger partial charge < -0.3 is 0 Å². The van der Waals surface area contributed by atoms with Gasteiger partial charge in [-0.25, -0.2) is 4.98 Å². The summed E-state index contributed by atoms with van der Waals surface area (Å²) in [5, 5.41) is 1.18. The van der Waals surface area contributed by atoms with Crippen molar-refractivity contribution >= 4 is 17.1 Å². The van der Waals surface area contributed by atoms with Crippen LogP contribution in [0.3, 0.4) is 0 Å². The van der Waals surface area contributed by atoms with Gasteiger partial charge in [0.25, 0.3) is 0 Å². The predicted molar refractivity (Wildman–Crippen MR) is 67.4 cm³/mol. The van der Waals surface area contributed by atoms with Crippen LogP contribution in [0.15, 0.2) is 0 Å². The number of nitrogens with zero attached hydrogens (tertiary/aromatic N) is 1. The first-order valence-corrected chi connectivity index (χ1v) is 7.00. The maximum atomic E-state index is 11.6. The number of carbonyl (C=O) groups is 1. The van der Waals surface area contributed by atoms with E-state index in [-0.39, 0.29) is 5.78 Å². The topological polar surface area (TPSA) is 30.0 Å². The Morgan fingerprint density at radius 2 is 2.06 bits per heavy atom. The molecule has 2 nitrogen and oxygen atoms in total. The second-order valence-corrected chi connectivity index (χ2v) is 5.64. The van der Waals surface area contributed by atoms with Crippen LogP contribution in [0, 0.1) is 0 Å². The van der Waals surface area contributed by atoms with Crippen LogP contribution in [0.1, 0.15) is 78.7 Å². The molecule has 0 saturated heterocycles. The molecule has 3 heteroatoms. The van der Waals surface area contributed by atoms with Crippen LogP contribution in [-0.4, -0.2) is 10.8 Å². The van der Waals surface area contributed by atoms with Gasteiger partial charge >= 0.3 is 0 Å². The molecule has 88 valence electrons. The minimum absolute atomic E-state index is 0.191. The molecular formula is C13H19NOS. The first-order chi connectivity index (χ1) is 7.67. The number of Topliss-reactive ketones (excluding diaryl/α,β-unsaturated/α-hetero) is 1. The van der Waals surface area contributed by atoms with Gasteiger partial charge in [-0.15, -0.1) is 11.3 Å². The van der Waals surface area contributed by atoms with E-state index in [1.54, 1.807) is 18.3 Å². The highest BCUT2D eigenvalue weighted by molar-refractivity contribution is 7.13. The SMILES string of the molecule is CCC(CC)c1nc(C2CC2)c(C(C)=O)s1.